The van der Waals surface area contributed by atoms with E-state index in [1.807, 2.05) is 24.3 Å². The van der Waals surface area contributed by atoms with Crippen molar-refractivity contribution in [2.75, 3.05) is 0 Å². The fraction of sp³-hybridized carbons (Fsp3) is 0.423. The maximum Gasteiger partial charge on any atom is 0.437 e. The lowest BCUT2D eigenvalue weighted by atomic mass is 9.87. The van der Waals surface area contributed by atoms with Crippen LogP contribution in [0.25, 0.3) is 0 Å². The average Bonchev–Trinajstić information content (AvgIpc) is 3.08. The summed E-state index contributed by atoms with van der Waals surface area (Å²) >= 11 is 0. The zero-order valence-electron chi connectivity index (χ0n) is 19.9. The second kappa shape index (κ2) is 9.65. The Morgan fingerprint density at radius 3 is 2.15 bits per heavy atom. The molecule has 0 aliphatic carbocycles. The standard InChI is InChI=1S/C26H32N2O5/c1-25(2,3)20-13-9-19(10-14-20)17-28-24(31)32-22(27-28)8-6-7-18-11-15-21(16-12-18)33-26(4,5)23(29)30/h9-16H,6-8,17H2,1-5H3,(H,29,30). The first-order chi connectivity index (χ1) is 15.4. The normalized spacial score (nSPS) is 12.0. The maximum absolute atomic E-state index is 12.2. The van der Waals surface area contributed by atoms with Gasteiger partial charge in [-0.3, -0.25) is 0 Å². The first-order valence-electron chi connectivity index (χ1n) is 11.1. The topological polar surface area (TPSA) is 94.6 Å². The molecule has 0 radical (unpaired) electrons. The molecule has 33 heavy (non-hydrogen) atoms. The van der Waals surface area contributed by atoms with Gasteiger partial charge in [-0.25, -0.2) is 9.59 Å². The van der Waals surface area contributed by atoms with Crippen molar-refractivity contribution in [1.82, 2.24) is 9.78 Å². The summed E-state index contributed by atoms with van der Waals surface area (Å²) in [6, 6.07) is 15.5. The Morgan fingerprint density at radius 1 is 0.970 bits per heavy atom. The molecule has 2 aromatic carbocycles. The van der Waals surface area contributed by atoms with Gasteiger partial charge in [0.1, 0.15) is 5.75 Å². The fourth-order valence-corrected chi connectivity index (χ4v) is 3.34. The number of hydrogen-bond acceptors (Lipinski definition) is 5. The number of carbonyl (C=O) groups is 1. The molecular formula is C26H32N2O5. The predicted octanol–water partition coefficient (Wildman–Crippen LogP) is 4.60. The lowest BCUT2D eigenvalue weighted by Gasteiger charge is -2.21. The molecule has 1 aromatic heterocycles. The molecule has 3 aromatic rings. The zero-order chi connectivity index (χ0) is 24.2. The van der Waals surface area contributed by atoms with E-state index in [2.05, 4.69) is 38.0 Å². The molecule has 0 spiro atoms. The molecule has 0 saturated heterocycles. The summed E-state index contributed by atoms with van der Waals surface area (Å²) in [6.07, 6.45) is 2.09. The van der Waals surface area contributed by atoms with Crippen LogP contribution in [0.2, 0.25) is 0 Å². The van der Waals surface area contributed by atoms with Gasteiger partial charge in [0.2, 0.25) is 5.89 Å². The van der Waals surface area contributed by atoms with E-state index in [0.29, 0.717) is 24.6 Å². The molecule has 0 atom stereocenters. The van der Waals surface area contributed by atoms with E-state index < -0.39 is 17.3 Å². The highest BCUT2D eigenvalue weighted by molar-refractivity contribution is 5.76. The van der Waals surface area contributed by atoms with Crippen LogP contribution in [0.5, 0.6) is 5.75 Å². The highest BCUT2D eigenvalue weighted by Gasteiger charge is 2.29. The van der Waals surface area contributed by atoms with Gasteiger partial charge in [0.25, 0.3) is 0 Å². The third kappa shape index (κ3) is 6.57. The Labute approximate surface area is 194 Å². The molecule has 7 nitrogen and oxygen atoms in total. The van der Waals surface area contributed by atoms with Crippen LogP contribution in [0.15, 0.2) is 57.7 Å². The summed E-state index contributed by atoms with van der Waals surface area (Å²) in [5, 5.41) is 13.5. The number of ether oxygens (including phenoxy) is 1. The minimum Gasteiger partial charge on any atom is -0.478 e. The lowest BCUT2D eigenvalue weighted by molar-refractivity contribution is -0.152. The first kappa shape index (κ1) is 24.3. The van der Waals surface area contributed by atoms with Gasteiger partial charge in [0.05, 0.1) is 6.54 Å². The second-order valence-electron chi connectivity index (χ2n) is 9.78. The van der Waals surface area contributed by atoms with E-state index in [9.17, 15) is 9.59 Å². The summed E-state index contributed by atoms with van der Waals surface area (Å²) in [6.45, 7) is 9.89. The van der Waals surface area contributed by atoms with Gasteiger partial charge in [-0.05, 0) is 60.9 Å². The van der Waals surface area contributed by atoms with Crippen molar-refractivity contribution in [1.29, 1.82) is 0 Å². The van der Waals surface area contributed by atoms with Gasteiger partial charge >= 0.3 is 11.7 Å². The van der Waals surface area contributed by atoms with Crippen LogP contribution in [-0.4, -0.2) is 26.5 Å². The number of carboxylic acids is 1. The zero-order valence-corrected chi connectivity index (χ0v) is 19.9. The van der Waals surface area contributed by atoms with Gasteiger partial charge < -0.3 is 14.3 Å². The maximum atomic E-state index is 12.2. The largest absolute Gasteiger partial charge is 0.478 e. The summed E-state index contributed by atoms with van der Waals surface area (Å²) in [4.78, 5) is 23.4. The van der Waals surface area contributed by atoms with Gasteiger partial charge in [-0.2, -0.15) is 4.68 Å². The molecule has 3 rings (SSSR count). The van der Waals surface area contributed by atoms with Gasteiger partial charge in [0.15, 0.2) is 5.60 Å². The van der Waals surface area contributed by atoms with E-state index in [4.69, 9.17) is 14.3 Å². The number of nitrogens with zero attached hydrogens (tertiary/aromatic N) is 2. The van der Waals surface area contributed by atoms with E-state index in [1.165, 1.54) is 24.1 Å². The van der Waals surface area contributed by atoms with Crippen molar-refractivity contribution in [2.24, 2.45) is 0 Å². The first-order valence-corrected chi connectivity index (χ1v) is 11.1. The number of aryl methyl sites for hydroxylation is 2. The third-order valence-corrected chi connectivity index (χ3v) is 5.47. The number of rotatable bonds is 9. The summed E-state index contributed by atoms with van der Waals surface area (Å²) in [5.41, 5.74) is 2.12. The van der Waals surface area contributed by atoms with Crippen molar-refractivity contribution in [3.05, 3.63) is 81.7 Å². The molecule has 176 valence electrons. The second-order valence-corrected chi connectivity index (χ2v) is 9.78. The third-order valence-electron chi connectivity index (χ3n) is 5.47. The van der Waals surface area contributed by atoms with Crippen LogP contribution in [0.1, 0.15) is 63.6 Å². The van der Waals surface area contributed by atoms with Gasteiger partial charge in [0, 0.05) is 6.42 Å². The average molecular weight is 453 g/mol. The van der Waals surface area contributed by atoms with Gasteiger partial charge in [-0.1, -0.05) is 57.2 Å². The van der Waals surface area contributed by atoms with Crippen molar-refractivity contribution in [3.63, 3.8) is 0 Å². The van der Waals surface area contributed by atoms with E-state index >= 15 is 0 Å². The van der Waals surface area contributed by atoms with Gasteiger partial charge in [-0.15, -0.1) is 5.10 Å². The van der Waals surface area contributed by atoms with Crippen LogP contribution in [-0.2, 0) is 29.6 Å². The fourth-order valence-electron chi connectivity index (χ4n) is 3.34. The van der Waals surface area contributed by atoms with E-state index in [1.54, 1.807) is 12.1 Å². The van der Waals surface area contributed by atoms with Crippen LogP contribution in [0.4, 0.5) is 0 Å². The summed E-state index contributed by atoms with van der Waals surface area (Å²) in [7, 11) is 0. The Morgan fingerprint density at radius 2 is 1.58 bits per heavy atom. The van der Waals surface area contributed by atoms with Crippen molar-refractivity contribution in [2.45, 2.75) is 71.4 Å². The molecule has 0 aliphatic rings. The smallest absolute Gasteiger partial charge is 0.437 e. The molecule has 0 bridgehead atoms. The lowest BCUT2D eigenvalue weighted by Crippen LogP contribution is -2.37. The molecule has 0 saturated carbocycles. The molecule has 1 heterocycles. The van der Waals surface area contributed by atoms with Crippen LogP contribution in [0.3, 0.4) is 0 Å². The molecule has 1 N–H and O–H groups in total. The van der Waals surface area contributed by atoms with Crippen molar-refractivity contribution < 1.29 is 19.1 Å². The molecule has 0 aliphatic heterocycles. The molecule has 7 heteroatoms. The number of benzene rings is 2. The van der Waals surface area contributed by atoms with Crippen molar-refractivity contribution in [3.8, 4) is 5.75 Å². The Hall–Kier alpha value is -3.35. The molecular weight excluding hydrogens is 420 g/mol. The Bertz CT molecular complexity index is 1130. The highest BCUT2D eigenvalue weighted by Crippen LogP contribution is 2.22. The predicted molar refractivity (Wildman–Crippen MR) is 126 cm³/mol. The number of aromatic nitrogens is 2. The summed E-state index contributed by atoms with van der Waals surface area (Å²) < 4.78 is 12.2. The van der Waals surface area contributed by atoms with E-state index in [-0.39, 0.29) is 5.41 Å². The number of carboxylic acid groups (broad SMARTS) is 1. The minimum atomic E-state index is -1.29. The van der Waals surface area contributed by atoms with Crippen LogP contribution in [0, 0.1) is 0 Å². The molecule has 0 unspecified atom stereocenters. The minimum absolute atomic E-state index is 0.0822. The summed E-state index contributed by atoms with van der Waals surface area (Å²) in [5.74, 6) is -0.539. The quantitative estimate of drug-likeness (QED) is 0.510. The van der Waals surface area contributed by atoms with Crippen LogP contribution < -0.4 is 10.5 Å². The SMILES string of the molecule is CC(C)(Oc1ccc(CCCc2nn(Cc3ccc(C(C)(C)C)cc3)c(=O)o2)cc1)C(=O)O. The molecule has 0 amide bonds. The number of hydrogen-bond donors (Lipinski definition) is 1. The Balaban J connectivity index is 1.53. The Kier molecular flexibility index (Phi) is 7.10. The van der Waals surface area contributed by atoms with Crippen molar-refractivity contribution >= 4 is 5.97 Å². The number of aliphatic carboxylic acids is 1. The molecule has 0 fully saturated rings. The monoisotopic (exact) mass is 452 g/mol. The van der Waals surface area contributed by atoms with Crippen LogP contribution >= 0.6 is 0 Å². The van der Waals surface area contributed by atoms with E-state index in [0.717, 1.165) is 24.0 Å². The highest BCUT2D eigenvalue weighted by atomic mass is 16.5.